The van der Waals surface area contributed by atoms with E-state index < -0.39 is 6.04 Å². The number of carbonyl (C=O) groups excluding carboxylic acids is 2. The van der Waals surface area contributed by atoms with Crippen LogP contribution in [0.15, 0.2) is 72.9 Å². The minimum Gasteiger partial charge on any atom is -0.367 e. The van der Waals surface area contributed by atoms with Crippen LogP contribution in [0.5, 0.6) is 0 Å². The predicted molar refractivity (Wildman–Crippen MR) is 127 cm³/mol. The summed E-state index contributed by atoms with van der Waals surface area (Å²) in [5.74, 6) is -0.782. The second-order valence-corrected chi connectivity index (χ2v) is 8.43. The Morgan fingerprint density at radius 1 is 1.03 bits per heavy atom. The van der Waals surface area contributed by atoms with Crippen molar-refractivity contribution in [1.29, 1.82) is 0 Å². The zero-order chi connectivity index (χ0) is 23.9. The fourth-order valence-corrected chi connectivity index (χ4v) is 4.41. The van der Waals surface area contributed by atoms with Crippen LogP contribution in [0.4, 0.5) is 4.39 Å². The van der Waals surface area contributed by atoms with Crippen molar-refractivity contribution in [3.63, 3.8) is 0 Å². The molecule has 1 aliphatic heterocycles. The standard InChI is InChI=1S/C27H30FN3O3/c1-2-14-30(26(33)20-34-19-21-9-4-3-5-10-21)18-25(32)31-17-16-29-15-8-13-24(29)27(31)22-11-6-7-12-23(22)28/h3-13,15,27H,2,14,16-20H2,1H3. The molecule has 1 unspecified atom stereocenters. The summed E-state index contributed by atoms with van der Waals surface area (Å²) in [5.41, 5.74) is 2.30. The molecule has 0 fully saturated rings. The van der Waals surface area contributed by atoms with Crippen LogP contribution in [0.3, 0.4) is 0 Å². The fraction of sp³-hybridized carbons (Fsp3) is 0.333. The first-order valence-electron chi connectivity index (χ1n) is 11.7. The first-order chi connectivity index (χ1) is 16.6. The molecule has 4 rings (SSSR count). The van der Waals surface area contributed by atoms with E-state index >= 15 is 0 Å². The van der Waals surface area contributed by atoms with Crippen LogP contribution in [0.2, 0.25) is 0 Å². The largest absolute Gasteiger partial charge is 0.367 e. The molecule has 2 heterocycles. The zero-order valence-electron chi connectivity index (χ0n) is 19.4. The molecule has 0 saturated carbocycles. The molecule has 0 spiro atoms. The van der Waals surface area contributed by atoms with Gasteiger partial charge in [-0.3, -0.25) is 9.59 Å². The molecular formula is C27H30FN3O3. The molecule has 2 aromatic carbocycles. The normalized spacial score (nSPS) is 15.1. The third-order valence-electron chi connectivity index (χ3n) is 6.07. The SMILES string of the molecule is CCCN(CC(=O)N1CCn2cccc2C1c1ccccc1F)C(=O)COCc1ccccc1. The number of rotatable bonds is 9. The number of halogens is 1. The van der Waals surface area contributed by atoms with E-state index in [0.29, 0.717) is 31.8 Å². The molecule has 2 amide bonds. The molecule has 3 aromatic rings. The zero-order valence-corrected chi connectivity index (χ0v) is 19.4. The summed E-state index contributed by atoms with van der Waals surface area (Å²) in [4.78, 5) is 29.6. The number of carbonyl (C=O) groups is 2. The van der Waals surface area contributed by atoms with Gasteiger partial charge in [0.2, 0.25) is 11.8 Å². The number of ether oxygens (including phenoxy) is 1. The van der Waals surface area contributed by atoms with Gasteiger partial charge in [0.25, 0.3) is 0 Å². The highest BCUT2D eigenvalue weighted by molar-refractivity contribution is 5.86. The molecule has 1 aromatic heterocycles. The summed E-state index contributed by atoms with van der Waals surface area (Å²) in [5, 5.41) is 0. The predicted octanol–water partition coefficient (Wildman–Crippen LogP) is 4.01. The summed E-state index contributed by atoms with van der Waals surface area (Å²) in [7, 11) is 0. The van der Waals surface area contributed by atoms with E-state index in [1.807, 2.05) is 60.2 Å². The Hall–Kier alpha value is -3.45. The number of benzene rings is 2. The molecule has 1 atom stereocenters. The van der Waals surface area contributed by atoms with E-state index in [4.69, 9.17) is 4.74 Å². The van der Waals surface area contributed by atoms with Gasteiger partial charge in [-0.25, -0.2) is 4.39 Å². The van der Waals surface area contributed by atoms with E-state index in [1.165, 1.54) is 6.07 Å². The molecule has 1 aliphatic rings. The minimum atomic E-state index is -0.537. The highest BCUT2D eigenvalue weighted by atomic mass is 19.1. The summed E-state index contributed by atoms with van der Waals surface area (Å²) in [6, 6.07) is 19.5. The number of hydrogen-bond donors (Lipinski definition) is 0. The maximum absolute atomic E-state index is 14.8. The molecule has 0 bridgehead atoms. The molecule has 7 heteroatoms. The van der Waals surface area contributed by atoms with Crippen molar-refractivity contribution in [2.24, 2.45) is 0 Å². The second-order valence-electron chi connectivity index (χ2n) is 8.43. The van der Waals surface area contributed by atoms with Gasteiger partial charge in [0, 0.05) is 37.1 Å². The van der Waals surface area contributed by atoms with Crippen LogP contribution >= 0.6 is 0 Å². The van der Waals surface area contributed by atoms with Crippen molar-refractivity contribution < 1.29 is 18.7 Å². The van der Waals surface area contributed by atoms with Gasteiger partial charge in [-0.05, 0) is 30.2 Å². The monoisotopic (exact) mass is 463 g/mol. The van der Waals surface area contributed by atoms with E-state index in [1.54, 1.807) is 28.0 Å². The Bertz CT molecular complexity index is 1120. The van der Waals surface area contributed by atoms with Gasteiger partial charge in [-0.1, -0.05) is 55.5 Å². The molecule has 0 N–H and O–H groups in total. The topological polar surface area (TPSA) is 54.8 Å². The lowest BCUT2D eigenvalue weighted by Crippen LogP contribution is -2.48. The van der Waals surface area contributed by atoms with Gasteiger partial charge in [-0.15, -0.1) is 0 Å². The van der Waals surface area contributed by atoms with Crippen LogP contribution in [0, 0.1) is 5.82 Å². The summed E-state index contributed by atoms with van der Waals surface area (Å²) in [6.07, 6.45) is 2.67. The first-order valence-corrected chi connectivity index (χ1v) is 11.7. The van der Waals surface area contributed by atoms with E-state index in [9.17, 15) is 14.0 Å². The lowest BCUT2D eigenvalue weighted by Gasteiger charge is -2.38. The maximum atomic E-state index is 14.8. The van der Waals surface area contributed by atoms with Crippen LogP contribution in [0.1, 0.15) is 36.2 Å². The number of amides is 2. The van der Waals surface area contributed by atoms with Crippen molar-refractivity contribution in [3.05, 3.63) is 95.6 Å². The third kappa shape index (κ3) is 5.37. The lowest BCUT2D eigenvalue weighted by atomic mass is 9.99. The summed E-state index contributed by atoms with van der Waals surface area (Å²) < 4.78 is 22.4. The van der Waals surface area contributed by atoms with Crippen molar-refractivity contribution in [2.75, 3.05) is 26.2 Å². The quantitative estimate of drug-likeness (QED) is 0.482. The van der Waals surface area contributed by atoms with E-state index in [2.05, 4.69) is 0 Å². The van der Waals surface area contributed by atoms with Crippen LogP contribution < -0.4 is 0 Å². The average molecular weight is 464 g/mol. The Kier molecular flexibility index (Phi) is 7.75. The molecule has 0 aliphatic carbocycles. The van der Waals surface area contributed by atoms with E-state index in [0.717, 1.165) is 17.7 Å². The van der Waals surface area contributed by atoms with Gasteiger partial charge in [-0.2, -0.15) is 0 Å². The molecular weight excluding hydrogens is 433 g/mol. The van der Waals surface area contributed by atoms with Gasteiger partial charge in [0.05, 0.1) is 13.2 Å². The van der Waals surface area contributed by atoms with Gasteiger partial charge < -0.3 is 19.1 Å². The maximum Gasteiger partial charge on any atom is 0.249 e. The number of fused-ring (bicyclic) bond motifs is 1. The lowest BCUT2D eigenvalue weighted by molar-refractivity contribution is -0.144. The van der Waals surface area contributed by atoms with Crippen LogP contribution in [-0.2, 0) is 27.5 Å². The van der Waals surface area contributed by atoms with Crippen LogP contribution in [0.25, 0.3) is 0 Å². The van der Waals surface area contributed by atoms with Crippen molar-refractivity contribution >= 4 is 11.8 Å². The minimum absolute atomic E-state index is 0.0625. The number of nitrogens with zero attached hydrogens (tertiary/aromatic N) is 3. The molecule has 6 nitrogen and oxygen atoms in total. The van der Waals surface area contributed by atoms with Crippen molar-refractivity contribution in [2.45, 2.75) is 32.5 Å². The highest BCUT2D eigenvalue weighted by Crippen LogP contribution is 2.33. The van der Waals surface area contributed by atoms with Gasteiger partial charge in [0.15, 0.2) is 0 Å². The number of aromatic nitrogens is 1. The Morgan fingerprint density at radius 3 is 2.56 bits per heavy atom. The first kappa shape index (κ1) is 23.7. The molecule has 178 valence electrons. The third-order valence-corrected chi connectivity index (χ3v) is 6.07. The smallest absolute Gasteiger partial charge is 0.249 e. The second kappa shape index (κ2) is 11.1. The Labute approximate surface area is 199 Å². The molecule has 0 radical (unpaired) electrons. The Balaban J connectivity index is 1.47. The average Bonchev–Trinajstić information content (AvgIpc) is 3.33. The molecule has 0 saturated heterocycles. The van der Waals surface area contributed by atoms with Crippen molar-refractivity contribution in [3.8, 4) is 0 Å². The highest BCUT2D eigenvalue weighted by Gasteiger charge is 2.34. The number of hydrogen-bond acceptors (Lipinski definition) is 3. The van der Waals surface area contributed by atoms with E-state index in [-0.39, 0.29) is 30.8 Å². The fourth-order valence-electron chi connectivity index (χ4n) is 4.41. The van der Waals surface area contributed by atoms with Gasteiger partial charge >= 0.3 is 0 Å². The van der Waals surface area contributed by atoms with Crippen molar-refractivity contribution in [1.82, 2.24) is 14.4 Å². The van der Waals surface area contributed by atoms with Crippen LogP contribution in [-0.4, -0.2) is 52.4 Å². The Morgan fingerprint density at radius 2 is 1.79 bits per heavy atom. The van der Waals surface area contributed by atoms with Gasteiger partial charge in [0.1, 0.15) is 18.5 Å². The summed E-state index contributed by atoms with van der Waals surface area (Å²) in [6.45, 7) is 3.66. The molecule has 34 heavy (non-hydrogen) atoms. The summed E-state index contributed by atoms with van der Waals surface area (Å²) >= 11 is 0.